The van der Waals surface area contributed by atoms with Crippen molar-refractivity contribution in [2.45, 2.75) is 13.0 Å². The molecule has 0 aliphatic heterocycles. The Balaban J connectivity index is 2.69. The van der Waals surface area contributed by atoms with Crippen LogP contribution in [0.25, 0.3) is 0 Å². The average Bonchev–Trinajstić information content (AvgIpc) is 2.44. The van der Waals surface area contributed by atoms with Crippen LogP contribution < -0.4 is 5.32 Å². The number of nitro groups is 1. The lowest BCUT2D eigenvalue weighted by Crippen LogP contribution is -2.31. The molecule has 1 N–H and O–H groups in total. The zero-order chi connectivity index (χ0) is 16.0. The third-order valence-electron chi connectivity index (χ3n) is 2.29. The highest BCUT2D eigenvalue weighted by atomic mass is 35.5. The first-order chi connectivity index (χ1) is 9.85. The molecule has 21 heavy (non-hydrogen) atoms. The number of hydrogen-bond acceptors (Lipinski definition) is 6. The van der Waals surface area contributed by atoms with Crippen molar-refractivity contribution in [2.75, 3.05) is 6.54 Å². The minimum atomic E-state index is -0.925. The summed E-state index contributed by atoms with van der Waals surface area (Å²) in [5.41, 5.74) is -0.433. The Labute approximate surface area is 124 Å². The van der Waals surface area contributed by atoms with E-state index in [-0.39, 0.29) is 10.6 Å². The number of ether oxygens (including phenoxy) is 1. The SMILES string of the molecule is C[C@@H](C#N)OC(=O)CNC(=O)c1ccc(Cl)c([N+](=O)[O-])c1. The van der Waals surface area contributed by atoms with Crippen LogP contribution in [0.5, 0.6) is 0 Å². The second-order valence-electron chi connectivity index (χ2n) is 3.87. The van der Waals surface area contributed by atoms with E-state index in [1.807, 2.05) is 0 Å². The predicted molar refractivity (Wildman–Crippen MR) is 71.6 cm³/mol. The van der Waals surface area contributed by atoms with Crippen molar-refractivity contribution in [3.63, 3.8) is 0 Å². The first kappa shape index (κ1) is 16.4. The Morgan fingerprint density at radius 2 is 2.24 bits per heavy atom. The van der Waals surface area contributed by atoms with Gasteiger partial charge in [-0.15, -0.1) is 0 Å². The number of rotatable bonds is 5. The summed E-state index contributed by atoms with van der Waals surface area (Å²) in [7, 11) is 0. The quantitative estimate of drug-likeness (QED) is 0.498. The van der Waals surface area contributed by atoms with Gasteiger partial charge in [0.25, 0.3) is 11.6 Å². The lowest BCUT2D eigenvalue weighted by Gasteiger charge is -2.07. The molecular formula is C12H10ClN3O5. The lowest BCUT2D eigenvalue weighted by atomic mass is 10.2. The van der Waals surface area contributed by atoms with Crippen molar-refractivity contribution in [1.29, 1.82) is 5.26 Å². The van der Waals surface area contributed by atoms with Gasteiger partial charge in [-0.05, 0) is 19.1 Å². The number of hydrogen-bond donors (Lipinski definition) is 1. The molecule has 110 valence electrons. The first-order valence-corrected chi connectivity index (χ1v) is 6.04. The number of nitrogens with zero attached hydrogens (tertiary/aromatic N) is 2. The van der Waals surface area contributed by atoms with Gasteiger partial charge in [-0.1, -0.05) is 11.6 Å². The number of halogens is 1. The van der Waals surface area contributed by atoms with Crippen molar-refractivity contribution >= 4 is 29.2 Å². The fourth-order valence-corrected chi connectivity index (χ4v) is 1.50. The highest BCUT2D eigenvalue weighted by Crippen LogP contribution is 2.24. The lowest BCUT2D eigenvalue weighted by molar-refractivity contribution is -0.384. The van der Waals surface area contributed by atoms with Gasteiger partial charge in [-0.25, -0.2) is 0 Å². The maximum Gasteiger partial charge on any atom is 0.326 e. The Kier molecular flexibility index (Phi) is 5.63. The third kappa shape index (κ3) is 4.74. The van der Waals surface area contributed by atoms with E-state index in [9.17, 15) is 19.7 Å². The van der Waals surface area contributed by atoms with Gasteiger partial charge >= 0.3 is 5.97 Å². The molecule has 0 aliphatic carbocycles. The van der Waals surface area contributed by atoms with Crippen LogP contribution in [0.2, 0.25) is 5.02 Å². The van der Waals surface area contributed by atoms with Gasteiger partial charge in [0.15, 0.2) is 6.10 Å². The number of benzene rings is 1. The number of carbonyl (C=O) groups excluding carboxylic acids is 2. The van der Waals surface area contributed by atoms with Crippen LogP contribution in [0.15, 0.2) is 18.2 Å². The number of carbonyl (C=O) groups is 2. The number of nitro benzene ring substituents is 1. The molecule has 0 unspecified atom stereocenters. The number of nitriles is 1. The summed E-state index contributed by atoms with van der Waals surface area (Å²) < 4.78 is 4.62. The van der Waals surface area contributed by atoms with Crippen LogP contribution in [-0.2, 0) is 9.53 Å². The molecule has 1 aromatic rings. The molecule has 1 amide bonds. The summed E-state index contributed by atoms with van der Waals surface area (Å²) >= 11 is 5.62. The summed E-state index contributed by atoms with van der Waals surface area (Å²) in [6, 6.07) is 5.20. The minimum Gasteiger partial charge on any atom is -0.446 e. The highest BCUT2D eigenvalue weighted by Gasteiger charge is 2.17. The Hall–Kier alpha value is -2.66. The van der Waals surface area contributed by atoms with E-state index >= 15 is 0 Å². The molecule has 0 spiro atoms. The molecule has 9 heteroatoms. The molecular weight excluding hydrogens is 302 g/mol. The van der Waals surface area contributed by atoms with Crippen LogP contribution in [0.1, 0.15) is 17.3 Å². The van der Waals surface area contributed by atoms with E-state index in [4.69, 9.17) is 16.9 Å². The molecule has 1 rings (SSSR count). The average molecular weight is 312 g/mol. The predicted octanol–water partition coefficient (Wildman–Crippen LogP) is 1.43. The zero-order valence-electron chi connectivity index (χ0n) is 10.8. The molecule has 0 bridgehead atoms. The molecule has 0 fully saturated rings. The Morgan fingerprint density at radius 1 is 1.57 bits per heavy atom. The molecule has 0 aliphatic rings. The van der Waals surface area contributed by atoms with E-state index in [2.05, 4.69) is 10.1 Å². The van der Waals surface area contributed by atoms with E-state index in [1.54, 1.807) is 6.07 Å². The smallest absolute Gasteiger partial charge is 0.326 e. The second kappa shape index (κ2) is 7.21. The number of esters is 1. The van der Waals surface area contributed by atoms with Gasteiger partial charge in [0.1, 0.15) is 17.6 Å². The largest absolute Gasteiger partial charge is 0.446 e. The van der Waals surface area contributed by atoms with Crippen LogP contribution in [0, 0.1) is 21.4 Å². The van der Waals surface area contributed by atoms with Gasteiger partial charge in [-0.3, -0.25) is 19.7 Å². The van der Waals surface area contributed by atoms with Crippen molar-refractivity contribution in [2.24, 2.45) is 0 Å². The van der Waals surface area contributed by atoms with Crippen LogP contribution in [-0.4, -0.2) is 29.4 Å². The number of nitrogens with one attached hydrogen (secondary N) is 1. The summed E-state index contributed by atoms with van der Waals surface area (Å²) in [4.78, 5) is 33.0. The Morgan fingerprint density at radius 3 is 2.81 bits per heavy atom. The molecule has 0 radical (unpaired) electrons. The molecule has 0 saturated carbocycles. The van der Waals surface area contributed by atoms with E-state index < -0.39 is 35.1 Å². The van der Waals surface area contributed by atoms with Gasteiger partial charge in [0, 0.05) is 11.6 Å². The van der Waals surface area contributed by atoms with Crippen LogP contribution in [0.4, 0.5) is 5.69 Å². The zero-order valence-corrected chi connectivity index (χ0v) is 11.6. The van der Waals surface area contributed by atoms with Crippen molar-refractivity contribution < 1.29 is 19.2 Å². The van der Waals surface area contributed by atoms with Crippen molar-refractivity contribution in [3.05, 3.63) is 38.9 Å². The van der Waals surface area contributed by atoms with E-state index in [1.165, 1.54) is 19.1 Å². The summed E-state index contributed by atoms with van der Waals surface area (Å²) in [5, 5.41) is 21.3. The van der Waals surface area contributed by atoms with Gasteiger partial charge in [-0.2, -0.15) is 5.26 Å². The monoisotopic (exact) mass is 311 g/mol. The van der Waals surface area contributed by atoms with Gasteiger partial charge in [0.2, 0.25) is 0 Å². The molecule has 8 nitrogen and oxygen atoms in total. The molecule has 1 aromatic carbocycles. The molecule has 1 atom stereocenters. The third-order valence-corrected chi connectivity index (χ3v) is 2.61. The summed E-state index contributed by atoms with van der Waals surface area (Å²) in [5.74, 6) is -1.49. The van der Waals surface area contributed by atoms with E-state index in [0.29, 0.717) is 0 Å². The van der Waals surface area contributed by atoms with Crippen molar-refractivity contribution in [1.82, 2.24) is 5.32 Å². The van der Waals surface area contributed by atoms with E-state index in [0.717, 1.165) is 6.07 Å². The molecule has 0 saturated heterocycles. The highest BCUT2D eigenvalue weighted by molar-refractivity contribution is 6.32. The summed E-state index contributed by atoms with van der Waals surface area (Å²) in [6.07, 6.45) is -0.925. The maximum atomic E-state index is 11.7. The fourth-order valence-electron chi connectivity index (χ4n) is 1.31. The molecule has 0 aromatic heterocycles. The normalized spacial score (nSPS) is 11.1. The first-order valence-electron chi connectivity index (χ1n) is 5.66. The standard InChI is InChI=1S/C12H10ClN3O5/c1-7(5-14)21-11(17)6-15-12(18)8-2-3-9(13)10(4-8)16(19)20/h2-4,7H,6H2,1H3,(H,15,18)/t7-/m0/s1. The van der Waals surface area contributed by atoms with Crippen LogP contribution >= 0.6 is 11.6 Å². The van der Waals surface area contributed by atoms with Crippen LogP contribution in [0.3, 0.4) is 0 Å². The second-order valence-corrected chi connectivity index (χ2v) is 4.27. The topological polar surface area (TPSA) is 122 Å². The number of amides is 1. The van der Waals surface area contributed by atoms with Crippen molar-refractivity contribution in [3.8, 4) is 6.07 Å². The summed E-state index contributed by atoms with van der Waals surface area (Å²) in [6.45, 7) is 0.920. The fraction of sp³-hybridized carbons (Fsp3) is 0.250. The van der Waals surface area contributed by atoms with Gasteiger partial charge < -0.3 is 10.1 Å². The van der Waals surface area contributed by atoms with Gasteiger partial charge in [0.05, 0.1) is 4.92 Å². The minimum absolute atomic E-state index is 0.0211. The molecule has 0 heterocycles. The maximum absolute atomic E-state index is 11.7. The Bertz CT molecular complexity index is 626.